The molecule has 4 nitrogen and oxygen atoms in total. The monoisotopic (exact) mass is 139 g/mol. The van der Waals surface area contributed by atoms with Crippen LogP contribution >= 0.6 is 0 Å². The molecule has 0 bridgehead atoms. The summed E-state index contributed by atoms with van der Waals surface area (Å²) in [6.07, 6.45) is -1.69. The number of hydrogen-bond donors (Lipinski definition) is 2. The third kappa shape index (κ3) is 9.26. The molecule has 0 heterocycles. The quantitative estimate of drug-likeness (QED) is 0.239. The fourth-order valence-electron chi connectivity index (χ4n) is 0. The van der Waals surface area contributed by atoms with Crippen LogP contribution in [-0.2, 0) is 17.1 Å². The molecule has 0 atom stereocenters. The first-order valence-corrected chi connectivity index (χ1v) is 0.882. The number of hydroxylamine groups is 1. The largest absolute Gasteiger partial charge is 1.00 e. The van der Waals surface area contributed by atoms with E-state index in [1.54, 1.807) is 0 Å². The molecule has 0 aliphatic carbocycles. The first-order valence-electron chi connectivity index (χ1n) is 0.882. The van der Waals surface area contributed by atoms with Crippen molar-refractivity contribution in [1.82, 2.24) is 5.48 Å². The topological polar surface area (TPSA) is 72.4 Å². The Morgan fingerprint density at radius 2 is 2.00 bits per heavy atom. The number of rotatable bonds is 0. The minimum absolute atomic E-state index is 0. The van der Waals surface area contributed by atoms with Gasteiger partial charge in [-0.15, -0.1) is 0 Å². The minimum atomic E-state index is -1.69. The van der Waals surface area contributed by atoms with E-state index >= 15 is 0 Å². The van der Waals surface area contributed by atoms with Gasteiger partial charge in [-0.3, -0.25) is 10.7 Å². The van der Waals surface area contributed by atoms with Crippen LogP contribution in [0.15, 0.2) is 0 Å². The van der Waals surface area contributed by atoms with Crippen molar-refractivity contribution in [3.63, 3.8) is 0 Å². The summed E-state index contributed by atoms with van der Waals surface area (Å²) in [5.74, 6) is 0. The predicted molar refractivity (Wildman–Crippen MR) is 10.3 cm³/mol. The SMILES string of the molecule is O=C([O-])NO.[Cu+]. The number of carboxylic acid groups (broad SMARTS) is 1. The number of carbonyl (C=O) groups excluding carboxylic acids is 1. The van der Waals surface area contributed by atoms with E-state index in [4.69, 9.17) is 15.1 Å². The van der Waals surface area contributed by atoms with Crippen LogP contribution in [0.3, 0.4) is 0 Å². The van der Waals surface area contributed by atoms with Gasteiger partial charge in [0, 0.05) is 0 Å². The number of amides is 1. The fourth-order valence-corrected chi connectivity index (χ4v) is 0. The van der Waals surface area contributed by atoms with Gasteiger partial charge in [0.15, 0.2) is 6.09 Å². The van der Waals surface area contributed by atoms with Gasteiger partial charge in [-0.25, -0.2) is 0 Å². The molecule has 0 aromatic heterocycles. The molecule has 2 N–H and O–H groups in total. The molecule has 0 fully saturated rings. The molecule has 0 spiro atoms. The van der Waals surface area contributed by atoms with Gasteiger partial charge < -0.3 is 9.90 Å². The zero-order valence-electron chi connectivity index (χ0n) is 2.57. The maximum absolute atomic E-state index is 8.90. The average molecular weight is 140 g/mol. The van der Waals surface area contributed by atoms with E-state index in [1.165, 1.54) is 0 Å². The van der Waals surface area contributed by atoms with Crippen LogP contribution in [0, 0.1) is 0 Å². The van der Waals surface area contributed by atoms with Gasteiger partial charge in [0.25, 0.3) is 0 Å². The molecular formula is CH2CuNO3. The van der Waals surface area contributed by atoms with Gasteiger partial charge in [0.1, 0.15) is 0 Å². The van der Waals surface area contributed by atoms with Crippen molar-refractivity contribution < 1.29 is 32.2 Å². The van der Waals surface area contributed by atoms with E-state index in [9.17, 15) is 0 Å². The average Bonchev–Trinajstić information content (AvgIpc) is 1.38. The van der Waals surface area contributed by atoms with E-state index in [2.05, 4.69) is 0 Å². The molecule has 6 heavy (non-hydrogen) atoms. The molecule has 1 amide bonds. The Balaban J connectivity index is 0. The van der Waals surface area contributed by atoms with Crippen LogP contribution in [0.4, 0.5) is 4.79 Å². The molecule has 0 saturated carbocycles. The summed E-state index contributed by atoms with van der Waals surface area (Å²) in [4.78, 5) is 8.90. The molecule has 0 radical (unpaired) electrons. The molecule has 0 aromatic carbocycles. The van der Waals surface area contributed by atoms with E-state index in [0.29, 0.717) is 0 Å². The van der Waals surface area contributed by atoms with Crippen molar-refractivity contribution in [2.75, 3.05) is 0 Å². The van der Waals surface area contributed by atoms with Crippen LogP contribution < -0.4 is 10.6 Å². The van der Waals surface area contributed by atoms with Crippen LogP contribution in [0.2, 0.25) is 0 Å². The first kappa shape index (κ1) is 9.23. The van der Waals surface area contributed by atoms with E-state index in [0.717, 1.165) is 5.48 Å². The Morgan fingerprint density at radius 3 is 2.00 bits per heavy atom. The smallest absolute Gasteiger partial charge is 0.529 e. The van der Waals surface area contributed by atoms with Gasteiger partial charge in [0.2, 0.25) is 0 Å². The number of carbonyl (C=O) groups is 1. The van der Waals surface area contributed by atoms with Gasteiger partial charge in [0.05, 0.1) is 0 Å². The number of nitrogens with one attached hydrogen (secondary N) is 1. The van der Waals surface area contributed by atoms with E-state index < -0.39 is 6.09 Å². The predicted octanol–water partition coefficient (Wildman–Crippen LogP) is -1.69. The molecule has 0 aliphatic heterocycles. The maximum atomic E-state index is 8.90. The summed E-state index contributed by atoms with van der Waals surface area (Å²) in [6.45, 7) is 0. The maximum Gasteiger partial charge on any atom is 1.00 e. The van der Waals surface area contributed by atoms with Crippen LogP contribution in [0.1, 0.15) is 0 Å². The van der Waals surface area contributed by atoms with Crippen molar-refractivity contribution in [2.24, 2.45) is 0 Å². The van der Waals surface area contributed by atoms with Crippen molar-refractivity contribution >= 4 is 6.09 Å². The molecule has 5 heteroatoms. The van der Waals surface area contributed by atoms with Crippen molar-refractivity contribution in [1.29, 1.82) is 0 Å². The first-order chi connectivity index (χ1) is 2.27. The summed E-state index contributed by atoms with van der Waals surface area (Å²) < 4.78 is 0. The van der Waals surface area contributed by atoms with Crippen LogP contribution in [0.5, 0.6) is 0 Å². The zero-order valence-corrected chi connectivity index (χ0v) is 3.51. The standard InChI is InChI=1S/CH3NO3.Cu/c3-1(4)2-5;/h2,5H,(H,3,4);/q;+1/p-1. The van der Waals surface area contributed by atoms with Gasteiger partial charge >= 0.3 is 17.1 Å². The molecule has 0 aromatic rings. The summed E-state index contributed by atoms with van der Waals surface area (Å²) in [5.41, 5.74) is 0.833. The molecule has 0 unspecified atom stereocenters. The van der Waals surface area contributed by atoms with E-state index in [1.807, 2.05) is 0 Å². The van der Waals surface area contributed by atoms with Gasteiger partial charge in [-0.05, 0) is 0 Å². The Labute approximate surface area is 44.6 Å². The molecule has 0 rings (SSSR count). The summed E-state index contributed by atoms with van der Waals surface area (Å²) in [7, 11) is 0. The molecular weight excluding hydrogens is 138 g/mol. The second-order valence-corrected chi connectivity index (χ2v) is 0.399. The van der Waals surface area contributed by atoms with Gasteiger partial charge in [-0.2, -0.15) is 0 Å². The van der Waals surface area contributed by atoms with Crippen LogP contribution in [0.25, 0.3) is 0 Å². The third-order valence-electron chi connectivity index (χ3n) is 0.0913. The summed E-state index contributed by atoms with van der Waals surface area (Å²) in [6, 6.07) is 0. The Hall–Kier alpha value is -0.251. The second-order valence-electron chi connectivity index (χ2n) is 0.399. The van der Waals surface area contributed by atoms with Crippen molar-refractivity contribution in [2.45, 2.75) is 0 Å². The molecule has 0 saturated heterocycles. The molecule has 40 valence electrons. The van der Waals surface area contributed by atoms with E-state index in [-0.39, 0.29) is 17.1 Å². The Kier molecular flexibility index (Phi) is 7.30. The normalized spacial score (nSPS) is 5.50. The second kappa shape index (κ2) is 4.75. The third-order valence-corrected chi connectivity index (χ3v) is 0.0913. The Bertz CT molecular complexity index is 46.1. The zero-order chi connectivity index (χ0) is 4.28. The van der Waals surface area contributed by atoms with Crippen LogP contribution in [-0.4, -0.2) is 11.3 Å². The minimum Gasteiger partial charge on any atom is -0.529 e. The van der Waals surface area contributed by atoms with Crippen molar-refractivity contribution in [3.05, 3.63) is 0 Å². The summed E-state index contributed by atoms with van der Waals surface area (Å²) in [5, 5.41) is 16.1. The number of hydrogen-bond acceptors (Lipinski definition) is 3. The fraction of sp³-hybridized carbons (Fsp3) is 0. The Morgan fingerprint density at radius 1 is 1.83 bits per heavy atom. The summed E-state index contributed by atoms with van der Waals surface area (Å²) >= 11 is 0. The van der Waals surface area contributed by atoms with Gasteiger partial charge in [-0.1, -0.05) is 0 Å². The molecule has 0 aliphatic rings. The van der Waals surface area contributed by atoms with Crippen molar-refractivity contribution in [3.8, 4) is 0 Å².